The Labute approximate surface area is 211 Å². The number of amides is 4. The van der Waals surface area contributed by atoms with Crippen LogP contribution in [0.15, 0.2) is 30.5 Å². The minimum atomic E-state index is -1.73. The number of nitrogens with two attached hydrogens (primary N) is 2. The van der Waals surface area contributed by atoms with Crippen LogP contribution in [0.1, 0.15) is 31.7 Å². The maximum absolute atomic E-state index is 13.0. The van der Waals surface area contributed by atoms with Crippen molar-refractivity contribution >= 4 is 46.5 Å². The number of H-pyrrole nitrogens is 1. The van der Waals surface area contributed by atoms with Crippen LogP contribution in [0.25, 0.3) is 10.9 Å². The number of carboxylic acids is 2. The molecule has 200 valence electrons. The predicted molar refractivity (Wildman–Crippen MR) is 130 cm³/mol. The van der Waals surface area contributed by atoms with Crippen LogP contribution in [-0.2, 0) is 35.2 Å². The van der Waals surface area contributed by atoms with Crippen molar-refractivity contribution in [2.45, 2.75) is 56.8 Å². The number of carboxylic acid groups (broad SMARTS) is 2. The summed E-state index contributed by atoms with van der Waals surface area (Å²) in [6.07, 6.45) is 0.542. The van der Waals surface area contributed by atoms with E-state index in [1.165, 1.54) is 6.92 Å². The molecular weight excluding hydrogens is 488 g/mol. The smallest absolute Gasteiger partial charge is 0.326 e. The van der Waals surface area contributed by atoms with Crippen LogP contribution >= 0.6 is 0 Å². The number of fused-ring (bicyclic) bond motifs is 1. The summed E-state index contributed by atoms with van der Waals surface area (Å²) in [6.45, 7) is 1.35. The number of para-hydroxylation sites is 1. The molecule has 4 atom stereocenters. The molecule has 0 fully saturated rings. The van der Waals surface area contributed by atoms with Gasteiger partial charge in [0.05, 0.1) is 12.5 Å². The van der Waals surface area contributed by atoms with Crippen LogP contribution in [0.2, 0.25) is 0 Å². The van der Waals surface area contributed by atoms with Gasteiger partial charge in [0, 0.05) is 29.9 Å². The maximum Gasteiger partial charge on any atom is 0.326 e. The molecule has 1 aromatic carbocycles. The third-order valence-electron chi connectivity index (χ3n) is 5.52. The lowest BCUT2D eigenvalue weighted by Crippen LogP contribution is -2.57. The van der Waals surface area contributed by atoms with Crippen molar-refractivity contribution in [2.75, 3.05) is 0 Å². The third-order valence-corrected chi connectivity index (χ3v) is 5.52. The third kappa shape index (κ3) is 8.61. The highest BCUT2D eigenvalue weighted by atomic mass is 16.4. The average Bonchev–Trinajstić information content (AvgIpc) is 3.23. The fourth-order valence-electron chi connectivity index (χ4n) is 3.49. The van der Waals surface area contributed by atoms with Crippen molar-refractivity contribution in [3.05, 3.63) is 36.0 Å². The highest BCUT2D eigenvalue weighted by Gasteiger charge is 2.30. The number of rotatable bonds is 14. The summed E-state index contributed by atoms with van der Waals surface area (Å²) in [5, 5.41) is 26.0. The Hall–Kier alpha value is -4.46. The van der Waals surface area contributed by atoms with Crippen LogP contribution in [0.5, 0.6) is 0 Å². The van der Waals surface area contributed by atoms with Crippen molar-refractivity contribution < 1.29 is 39.0 Å². The van der Waals surface area contributed by atoms with E-state index < -0.39 is 66.2 Å². The molecule has 0 spiro atoms. The number of hydrogen-bond acceptors (Lipinski definition) is 7. The highest BCUT2D eigenvalue weighted by molar-refractivity contribution is 5.95. The fraction of sp³-hybridized carbons (Fsp3) is 0.391. The zero-order valence-electron chi connectivity index (χ0n) is 20.0. The van der Waals surface area contributed by atoms with Crippen LogP contribution < -0.4 is 27.4 Å². The van der Waals surface area contributed by atoms with Gasteiger partial charge in [-0.3, -0.25) is 24.0 Å². The Balaban J connectivity index is 2.19. The standard InChI is InChI=1S/C23H30N6O8/c1-11(27-21(34)14(24)6-7-18(25)30)20(33)28-16(22(35)29-17(23(36)37)9-19(31)32)8-12-10-26-15-5-3-2-4-13(12)15/h2-5,10-11,14,16-17,26H,6-9,24H2,1H3,(H2,25,30)(H,27,34)(H,28,33)(H,29,35)(H,31,32)(H,36,37). The van der Waals surface area contributed by atoms with E-state index in [9.17, 15) is 33.9 Å². The van der Waals surface area contributed by atoms with Crippen LogP contribution in [0.4, 0.5) is 0 Å². The number of aliphatic carboxylic acids is 2. The van der Waals surface area contributed by atoms with Crippen molar-refractivity contribution in [1.29, 1.82) is 0 Å². The SMILES string of the molecule is CC(NC(=O)C(N)CCC(N)=O)C(=O)NC(Cc1c[nH]c2ccccc12)C(=O)NC(CC(=O)O)C(=O)O. The molecular formula is C23H30N6O8. The Kier molecular flexibility index (Phi) is 10.1. The molecule has 2 aromatic rings. The van der Waals surface area contributed by atoms with E-state index in [2.05, 4.69) is 20.9 Å². The fourth-order valence-corrected chi connectivity index (χ4v) is 3.49. The second-order valence-corrected chi connectivity index (χ2v) is 8.46. The highest BCUT2D eigenvalue weighted by Crippen LogP contribution is 2.19. The molecule has 0 bridgehead atoms. The molecule has 1 heterocycles. The lowest BCUT2D eigenvalue weighted by molar-refractivity contribution is -0.147. The van der Waals surface area contributed by atoms with E-state index in [1.807, 2.05) is 0 Å². The minimum Gasteiger partial charge on any atom is -0.481 e. The Morgan fingerprint density at radius 1 is 0.946 bits per heavy atom. The number of aromatic nitrogens is 1. The average molecular weight is 519 g/mol. The maximum atomic E-state index is 13.0. The summed E-state index contributed by atoms with van der Waals surface area (Å²) in [7, 11) is 0. The number of primary amides is 1. The first kappa shape index (κ1) is 28.8. The first-order chi connectivity index (χ1) is 17.4. The number of hydrogen-bond donors (Lipinski definition) is 8. The second kappa shape index (κ2) is 13.0. The van der Waals surface area contributed by atoms with Crippen molar-refractivity contribution in [3.63, 3.8) is 0 Å². The molecule has 0 aliphatic carbocycles. The molecule has 4 amide bonds. The number of benzene rings is 1. The summed E-state index contributed by atoms with van der Waals surface area (Å²) < 4.78 is 0. The van der Waals surface area contributed by atoms with E-state index in [0.29, 0.717) is 5.56 Å². The molecule has 14 nitrogen and oxygen atoms in total. The molecule has 1 aromatic heterocycles. The lowest BCUT2D eigenvalue weighted by Gasteiger charge is -2.23. The van der Waals surface area contributed by atoms with E-state index in [0.717, 1.165) is 10.9 Å². The number of aromatic amines is 1. The van der Waals surface area contributed by atoms with Crippen LogP contribution in [0.3, 0.4) is 0 Å². The monoisotopic (exact) mass is 518 g/mol. The first-order valence-electron chi connectivity index (χ1n) is 11.3. The zero-order chi connectivity index (χ0) is 27.7. The molecule has 37 heavy (non-hydrogen) atoms. The summed E-state index contributed by atoms with van der Waals surface area (Å²) >= 11 is 0. The summed E-state index contributed by atoms with van der Waals surface area (Å²) in [4.78, 5) is 74.4. The minimum absolute atomic E-state index is 0.0265. The van der Waals surface area contributed by atoms with Gasteiger partial charge in [-0.1, -0.05) is 18.2 Å². The van der Waals surface area contributed by atoms with Crippen LogP contribution in [0, 0.1) is 0 Å². The summed E-state index contributed by atoms with van der Waals surface area (Å²) in [6, 6.07) is 1.88. The Bertz CT molecular complexity index is 1180. The molecule has 14 heteroatoms. The Morgan fingerprint density at radius 2 is 1.59 bits per heavy atom. The second-order valence-electron chi connectivity index (χ2n) is 8.46. The van der Waals surface area contributed by atoms with Gasteiger partial charge in [0.1, 0.15) is 18.1 Å². The molecule has 0 saturated heterocycles. The van der Waals surface area contributed by atoms with Gasteiger partial charge in [0.25, 0.3) is 0 Å². The van der Waals surface area contributed by atoms with Gasteiger partial charge in [0.2, 0.25) is 23.6 Å². The van der Waals surface area contributed by atoms with Gasteiger partial charge in [-0.15, -0.1) is 0 Å². The van der Waals surface area contributed by atoms with Gasteiger partial charge in [-0.2, -0.15) is 0 Å². The van der Waals surface area contributed by atoms with Gasteiger partial charge < -0.3 is 42.6 Å². The van der Waals surface area contributed by atoms with Crippen LogP contribution in [-0.4, -0.2) is 74.9 Å². The van der Waals surface area contributed by atoms with Gasteiger partial charge in [0.15, 0.2) is 0 Å². The molecule has 0 aliphatic heterocycles. The van der Waals surface area contributed by atoms with Crippen molar-refractivity contribution in [1.82, 2.24) is 20.9 Å². The van der Waals surface area contributed by atoms with Gasteiger partial charge in [-0.05, 0) is 25.0 Å². The molecule has 10 N–H and O–H groups in total. The molecule has 4 unspecified atom stereocenters. The van der Waals surface area contributed by atoms with E-state index in [1.54, 1.807) is 30.5 Å². The normalized spacial score (nSPS) is 14.1. The van der Waals surface area contributed by atoms with E-state index in [-0.39, 0.29) is 19.3 Å². The summed E-state index contributed by atoms with van der Waals surface area (Å²) in [5.41, 5.74) is 12.1. The topological polar surface area (TPSA) is 247 Å². The molecule has 0 radical (unpaired) electrons. The van der Waals surface area contributed by atoms with Crippen molar-refractivity contribution in [2.24, 2.45) is 11.5 Å². The number of carbonyl (C=O) groups excluding carboxylic acids is 4. The predicted octanol–water partition coefficient (Wildman–Crippen LogP) is -1.66. The van der Waals surface area contributed by atoms with Gasteiger partial charge in [-0.25, -0.2) is 4.79 Å². The first-order valence-corrected chi connectivity index (χ1v) is 11.3. The van der Waals surface area contributed by atoms with E-state index in [4.69, 9.17) is 16.6 Å². The number of nitrogens with one attached hydrogen (secondary N) is 4. The van der Waals surface area contributed by atoms with E-state index >= 15 is 0 Å². The number of carbonyl (C=O) groups is 6. The molecule has 2 rings (SSSR count). The summed E-state index contributed by atoms with van der Waals surface area (Å²) in [5.74, 6) is -6.05. The lowest BCUT2D eigenvalue weighted by atomic mass is 10.0. The molecule has 0 aliphatic rings. The quantitative estimate of drug-likeness (QED) is 0.142. The zero-order valence-corrected chi connectivity index (χ0v) is 20.0. The largest absolute Gasteiger partial charge is 0.481 e. The van der Waals surface area contributed by atoms with Crippen molar-refractivity contribution in [3.8, 4) is 0 Å². The Morgan fingerprint density at radius 3 is 2.22 bits per heavy atom. The van der Waals surface area contributed by atoms with Gasteiger partial charge >= 0.3 is 11.9 Å². The molecule has 0 saturated carbocycles.